The number of pyridine rings is 1. The van der Waals surface area contributed by atoms with Gasteiger partial charge in [-0.3, -0.25) is 9.69 Å². The minimum Gasteiger partial charge on any atom is -0.497 e. The average Bonchev–Trinajstić information content (AvgIpc) is 3.10. The fourth-order valence-corrected chi connectivity index (χ4v) is 3.52. The van der Waals surface area contributed by atoms with E-state index in [0.717, 1.165) is 40.9 Å². The zero-order chi connectivity index (χ0) is 18.5. The second-order valence-corrected chi connectivity index (χ2v) is 7.06. The molecule has 0 aliphatic carbocycles. The molecule has 0 radical (unpaired) electrons. The summed E-state index contributed by atoms with van der Waals surface area (Å²) in [6.07, 6.45) is 3.68. The molecule has 1 unspecified atom stereocenters. The van der Waals surface area contributed by atoms with Crippen molar-refractivity contribution in [1.82, 2.24) is 9.88 Å². The maximum atomic E-state index is 12.4. The molecule has 1 aliphatic rings. The first-order valence-corrected chi connectivity index (χ1v) is 9.27. The third-order valence-electron chi connectivity index (χ3n) is 4.50. The van der Waals surface area contributed by atoms with Crippen molar-refractivity contribution in [2.75, 3.05) is 32.6 Å². The molecule has 138 valence electrons. The fourth-order valence-electron chi connectivity index (χ4n) is 3.28. The van der Waals surface area contributed by atoms with E-state index < -0.39 is 0 Å². The first-order chi connectivity index (χ1) is 12.6. The van der Waals surface area contributed by atoms with Crippen molar-refractivity contribution in [2.45, 2.75) is 18.9 Å². The van der Waals surface area contributed by atoms with Crippen LogP contribution in [0, 0.1) is 0 Å². The number of halogens is 1. The van der Waals surface area contributed by atoms with Crippen molar-refractivity contribution >= 4 is 27.7 Å². The Hall–Kier alpha value is -2.12. The molecule has 0 spiro atoms. The third-order valence-corrected chi connectivity index (χ3v) is 4.97. The van der Waals surface area contributed by atoms with Gasteiger partial charge in [0.05, 0.1) is 20.8 Å². The van der Waals surface area contributed by atoms with Crippen molar-refractivity contribution in [2.24, 2.45) is 0 Å². The highest BCUT2D eigenvalue weighted by Gasteiger charge is 2.30. The van der Waals surface area contributed by atoms with E-state index in [1.54, 1.807) is 26.5 Å². The van der Waals surface area contributed by atoms with Gasteiger partial charge in [0.25, 0.3) is 0 Å². The second-order valence-electron chi connectivity index (χ2n) is 6.15. The quantitative estimate of drug-likeness (QED) is 0.773. The van der Waals surface area contributed by atoms with Crippen LogP contribution in [0.1, 0.15) is 24.4 Å². The highest BCUT2D eigenvalue weighted by Crippen LogP contribution is 2.38. The number of aromatic nitrogens is 1. The molecule has 2 heterocycles. The lowest BCUT2D eigenvalue weighted by Gasteiger charge is -2.26. The predicted octanol–water partition coefficient (Wildman–Crippen LogP) is 3.64. The number of benzene rings is 1. The Morgan fingerprint density at radius 2 is 2.15 bits per heavy atom. The summed E-state index contributed by atoms with van der Waals surface area (Å²) in [6, 6.07) is 9.54. The monoisotopic (exact) mass is 419 g/mol. The zero-order valence-corrected chi connectivity index (χ0v) is 16.5. The van der Waals surface area contributed by atoms with Crippen molar-refractivity contribution in [3.63, 3.8) is 0 Å². The molecule has 1 saturated heterocycles. The Morgan fingerprint density at radius 1 is 1.31 bits per heavy atom. The standard InChI is InChI=1S/C19H22BrN3O3/c1-25-14-6-7-17(26-2)15(10-14)16-4-3-9-23(16)12-19(24)22-18-8-5-13(20)11-21-18/h5-8,10-11,16H,3-4,9,12H2,1-2H3,(H,21,22,24). The van der Waals surface area contributed by atoms with Crippen LogP contribution in [-0.4, -0.2) is 43.1 Å². The van der Waals surface area contributed by atoms with Gasteiger partial charge in [0.2, 0.25) is 5.91 Å². The number of amides is 1. The maximum absolute atomic E-state index is 12.4. The lowest BCUT2D eigenvalue weighted by molar-refractivity contribution is -0.117. The summed E-state index contributed by atoms with van der Waals surface area (Å²) >= 11 is 3.34. The van der Waals surface area contributed by atoms with E-state index in [-0.39, 0.29) is 11.9 Å². The summed E-state index contributed by atoms with van der Waals surface area (Å²) < 4.78 is 11.7. The Balaban J connectivity index is 1.72. The largest absolute Gasteiger partial charge is 0.497 e. The minimum absolute atomic E-state index is 0.0754. The highest BCUT2D eigenvalue weighted by molar-refractivity contribution is 9.10. The van der Waals surface area contributed by atoms with Crippen LogP contribution in [0.5, 0.6) is 11.5 Å². The number of ether oxygens (including phenoxy) is 2. The number of hydrogen-bond acceptors (Lipinski definition) is 5. The second kappa shape index (κ2) is 8.51. The van der Waals surface area contributed by atoms with Gasteiger partial charge in [-0.15, -0.1) is 0 Å². The molecule has 1 amide bonds. The number of carbonyl (C=O) groups excluding carboxylic acids is 1. The van der Waals surface area contributed by atoms with Gasteiger partial charge >= 0.3 is 0 Å². The van der Waals surface area contributed by atoms with Crippen molar-refractivity contribution < 1.29 is 14.3 Å². The van der Waals surface area contributed by atoms with E-state index in [2.05, 4.69) is 31.1 Å². The predicted molar refractivity (Wildman–Crippen MR) is 104 cm³/mol. The van der Waals surface area contributed by atoms with Crippen LogP contribution in [0.3, 0.4) is 0 Å². The molecule has 3 rings (SSSR count). The Bertz CT molecular complexity index is 767. The van der Waals surface area contributed by atoms with Gasteiger partial charge in [-0.25, -0.2) is 4.98 Å². The van der Waals surface area contributed by atoms with Gasteiger partial charge in [0.1, 0.15) is 17.3 Å². The SMILES string of the molecule is COc1ccc(OC)c(C2CCCN2CC(=O)Nc2ccc(Br)cn2)c1. The summed E-state index contributed by atoms with van der Waals surface area (Å²) in [4.78, 5) is 18.8. The van der Waals surface area contributed by atoms with Crippen LogP contribution in [-0.2, 0) is 4.79 Å². The Labute approximate surface area is 161 Å². The van der Waals surface area contributed by atoms with Gasteiger partial charge in [0.15, 0.2) is 0 Å². The number of carbonyl (C=O) groups is 1. The molecule has 6 nitrogen and oxygen atoms in total. The van der Waals surface area contributed by atoms with Gasteiger partial charge in [0, 0.05) is 22.3 Å². The van der Waals surface area contributed by atoms with E-state index in [9.17, 15) is 4.79 Å². The van der Waals surface area contributed by atoms with Crippen molar-refractivity contribution in [1.29, 1.82) is 0 Å². The van der Waals surface area contributed by atoms with Crippen molar-refractivity contribution in [3.8, 4) is 11.5 Å². The fraction of sp³-hybridized carbons (Fsp3) is 0.368. The molecule has 26 heavy (non-hydrogen) atoms. The summed E-state index contributed by atoms with van der Waals surface area (Å²) in [5.74, 6) is 2.08. The molecule has 1 atom stereocenters. The number of hydrogen-bond donors (Lipinski definition) is 1. The third kappa shape index (κ3) is 4.34. The van der Waals surface area contributed by atoms with Gasteiger partial charge in [-0.05, 0) is 65.6 Å². The Morgan fingerprint density at radius 3 is 2.85 bits per heavy atom. The topological polar surface area (TPSA) is 63.7 Å². The number of anilines is 1. The minimum atomic E-state index is -0.0754. The number of nitrogens with zero attached hydrogens (tertiary/aromatic N) is 2. The normalized spacial score (nSPS) is 17.1. The van der Waals surface area contributed by atoms with Crippen LogP contribution < -0.4 is 14.8 Å². The van der Waals surface area contributed by atoms with Crippen LogP contribution in [0.15, 0.2) is 41.0 Å². The molecule has 0 saturated carbocycles. The Kier molecular flexibility index (Phi) is 6.11. The summed E-state index contributed by atoms with van der Waals surface area (Å²) in [5.41, 5.74) is 1.05. The van der Waals surface area contributed by atoms with Crippen LogP contribution in [0.2, 0.25) is 0 Å². The van der Waals surface area contributed by atoms with E-state index in [0.29, 0.717) is 12.4 Å². The van der Waals surface area contributed by atoms with E-state index >= 15 is 0 Å². The molecule has 1 aromatic heterocycles. The van der Waals surface area contributed by atoms with Gasteiger partial charge in [-0.1, -0.05) is 0 Å². The van der Waals surface area contributed by atoms with Crippen LogP contribution >= 0.6 is 15.9 Å². The summed E-state index contributed by atoms with van der Waals surface area (Å²) in [5, 5.41) is 2.85. The highest BCUT2D eigenvalue weighted by atomic mass is 79.9. The molecule has 1 aromatic carbocycles. The first-order valence-electron chi connectivity index (χ1n) is 8.48. The summed E-state index contributed by atoms with van der Waals surface area (Å²) in [7, 11) is 3.31. The maximum Gasteiger partial charge on any atom is 0.239 e. The number of likely N-dealkylation sites (tertiary alicyclic amines) is 1. The molecule has 7 heteroatoms. The summed E-state index contributed by atoms with van der Waals surface area (Å²) in [6.45, 7) is 1.18. The molecular weight excluding hydrogens is 398 g/mol. The molecule has 0 bridgehead atoms. The van der Waals surface area contributed by atoms with Gasteiger partial charge < -0.3 is 14.8 Å². The van der Waals surface area contributed by atoms with Crippen molar-refractivity contribution in [3.05, 3.63) is 46.6 Å². The molecule has 1 fully saturated rings. The number of methoxy groups -OCH3 is 2. The molecule has 1 aliphatic heterocycles. The lowest BCUT2D eigenvalue weighted by atomic mass is 10.0. The first kappa shape index (κ1) is 18.7. The van der Waals surface area contributed by atoms with E-state index in [1.807, 2.05) is 24.3 Å². The average molecular weight is 420 g/mol. The van der Waals surface area contributed by atoms with Gasteiger partial charge in [-0.2, -0.15) is 0 Å². The molecular formula is C19H22BrN3O3. The smallest absolute Gasteiger partial charge is 0.239 e. The zero-order valence-electron chi connectivity index (χ0n) is 14.9. The lowest BCUT2D eigenvalue weighted by Crippen LogP contribution is -2.33. The van der Waals surface area contributed by atoms with E-state index in [4.69, 9.17) is 9.47 Å². The number of nitrogens with one attached hydrogen (secondary N) is 1. The van der Waals surface area contributed by atoms with E-state index in [1.165, 1.54) is 0 Å². The molecule has 1 N–H and O–H groups in total. The van der Waals surface area contributed by atoms with Crippen LogP contribution in [0.4, 0.5) is 5.82 Å². The number of rotatable bonds is 6. The molecule has 2 aromatic rings. The van der Waals surface area contributed by atoms with Crippen LogP contribution in [0.25, 0.3) is 0 Å².